The number of primary amides is 1. The zero-order valence-electron chi connectivity index (χ0n) is 12.1. The van der Waals surface area contributed by atoms with Gasteiger partial charge in [0, 0.05) is 11.6 Å². The normalized spacial score (nSPS) is 18.4. The molecule has 3 rings (SSSR count). The molecule has 1 amide bonds. The Morgan fingerprint density at radius 1 is 1.13 bits per heavy atom. The van der Waals surface area contributed by atoms with E-state index in [1.807, 2.05) is 24.3 Å². The quantitative estimate of drug-likeness (QED) is 0.918. The summed E-state index contributed by atoms with van der Waals surface area (Å²) < 4.78 is 27.0. The fourth-order valence-electron chi connectivity index (χ4n) is 2.76. The van der Waals surface area contributed by atoms with Crippen LogP contribution in [0.2, 0.25) is 5.02 Å². The minimum absolute atomic E-state index is 0.0515. The van der Waals surface area contributed by atoms with E-state index in [4.69, 9.17) is 17.3 Å². The molecule has 0 aromatic heterocycles. The standard InChI is InChI=1S/C16H15ClN2O3S/c17-13-6-3-7-14(9-13)23(21,22)19-10-12-5-2-1-4-11(12)8-15(19)16(18)20/h1-7,9,15H,8,10H2,(H2,18,20)/t15-/m1/s1. The van der Waals surface area contributed by atoms with Crippen LogP contribution in [0.4, 0.5) is 0 Å². The van der Waals surface area contributed by atoms with Crippen molar-refractivity contribution in [3.63, 3.8) is 0 Å². The number of hydrogen-bond acceptors (Lipinski definition) is 3. The first-order valence-corrected chi connectivity index (χ1v) is 8.85. The lowest BCUT2D eigenvalue weighted by Crippen LogP contribution is -2.50. The van der Waals surface area contributed by atoms with E-state index in [1.54, 1.807) is 12.1 Å². The molecule has 120 valence electrons. The smallest absolute Gasteiger partial charge is 0.244 e. The van der Waals surface area contributed by atoms with E-state index in [0.29, 0.717) is 5.02 Å². The highest BCUT2D eigenvalue weighted by molar-refractivity contribution is 7.89. The van der Waals surface area contributed by atoms with Gasteiger partial charge in [-0.25, -0.2) is 8.42 Å². The molecule has 2 aromatic carbocycles. The van der Waals surface area contributed by atoms with Crippen molar-refractivity contribution in [1.82, 2.24) is 4.31 Å². The Bertz CT molecular complexity index is 867. The van der Waals surface area contributed by atoms with E-state index in [1.165, 1.54) is 12.1 Å². The molecule has 0 radical (unpaired) electrons. The minimum atomic E-state index is -3.87. The molecule has 0 saturated heterocycles. The van der Waals surface area contributed by atoms with Crippen LogP contribution in [0.5, 0.6) is 0 Å². The molecule has 7 heteroatoms. The Kier molecular flexibility index (Phi) is 4.14. The van der Waals surface area contributed by atoms with Crippen LogP contribution in [-0.2, 0) is 27.8 Å². The molecule has 1 aliphatic rings. The topological polar surface area (TPSA) is 80.5 Å². The van der Waals surface area contributed by atoms with Gasteiger partial charge in [0.05, 0.1) is 4.90 Å². The van der Waals surface area contributed by atoms with Crippen molar-refractivity contribution in [2.45, 2.75) is 23.9 Å². The van der Waals surface area contributed by atoms with Gasteiger partial charge in [-0.2, -0.15) is 4.31 Å². The monoisotopic (exact) mass is 350 g/mol. The number of benzene rings is 2. The molecular weight excluding hydrogens is 336 g/mol. The van der Waals surface area contributed by atoms with Gasteiger partial charge in [0.25, 0.3) is 0 Å². The Morgan fingerprint density at radius 3 is 2.48 bits per heavy atom. The Hall–Kier alpha value is -1.89. The zero-order valence-corrected chi connectivity index (χ0v) is 13.7. The maximum Gasteiger partial charge on any atom is 0.244 e. The van der Waals surface area contributed by atoms with Gasteiger partial charge in [-0.05, 0) is 35.7 Å². The summed E-state index contributed by atoms with van der Waals surface area (Å²) in [7, 11) is -3.87. The van der Waals surface area contributed by atoms with Crippen molar-refractivity contribution >= 4 is 27.5 Å². The highest BCUT2D eigenvalue weighted by Crippen LogP contribution is 2.29. The first kappa shape index (κ1) is 16.0. The molecule has 2 N–H and O–H groups in total. The van der Waals surface area contributed by atoms with Crippen molar-refractivity contribution in [3.8, 4) is 0 Å². The van der Waals surface area contributed by atoms with Crippen LogP contribution in [0.25, 0.3) is 0 Å². The number of amides is 1. The van der Waals surface area contributed by atoms with E-state index in [9.17, 15) is 13.2 Å². The van der Waals surface area contributed by atoms with Crippen LogP contribution >= 0.6 is 11.6 Å². The number of hydrogen-bond donors (Lipinski definition) is 1. The van der Waals surface area contributed by atoms with Gasteiger partial charge in [-0.15, -0.1) is 0 Å². The fraction of sp³-hybridized carbons (Fsp3) is 0.188. The number of sulfonamides is 1. The van der Waals surface area contributed by atoms with Gasteiger partial charge >= 0.3 is 0 Å². The number of nitrogens with zero attached hydrogens (tertiary/aromatic N) is 1. The molecule has 23 heavy (non-hydrogen) atoms. The Morgan fingerprint density at radius 2 is 1.83 bits per heavy atom. The number of rotatable bonds is 3. The largest absolute Gasteiger partial charge is 0.368 e. The second-order valence-corrected chi connectivity index (χ2v) is 7.73. The lowest BCUT2D eigenvalue weighted by Gasteiger charge is -2.34. The van der Waals surface area contributed by atoms with Crippen molar-refractivity contribution in [2.24, 2.45) is 5.73 Å². The predicted molar refractivity (Wildman–Crippen MR) is 87.3 cm³/mol. The van der Waals surface area contributed by atoms with Gasteiger partial charge in [0.2, 0.25) is 15.9 Å². The maximum absolute atomic E-state index is 12.9. The Labute approximate surface area is 139 Å². The van der Waals surface area contributed by atoms with E-state index in [0.717, 1.165) is 15.4 Å². The highest BCUT2D eigenvalue weighted by Gasteiger charge is 2.38. The Balaban J connectivity index is 2.07. The number of halogens is 1. The van der Waals surface area contributed by atoms with Gasteiger partial charge < -0.3 is 5.73 Å². The predicted octanol–water partition coefficient (Wildman–Crippen LogP) is 1.94. The first-order chi connectivity index (χ1) is 10.9. The molecule has 1 heterocycles. The fourth-order valence-corrected chi connectivity index (χ4v) is 4.63. The van der Waals surface area contributed by atoms with E-state index < -0.39 is 22.0 Å². The van der Waals surface area contributed by atoms with Crippen molar-refractivity contribution in [2.75, 3.05) is 0 Å². The van der Waals surface area contributed by atoms with Gasteiger partial charge in [-0.3, -0.25) is 4.79 Å². The summed E-state index contributed by atoms with van der Waals surface area (Å²) in [5.74, 6) is -0.662. The van der Waals surface area contributed by atoms with Crippen molar-refractivity contribution in [1.29, 1.82) is 0 Å². The van der Waals surface area contributed by atoms with Gasteiger partial charge in [0.1, 0.15) is 6.04 Å². The number of nitrogens with two attached hydrogens (primary N) is 1. The second-order valence-electron chi connectivity index (χ2n) is 5.40. The van der Waals surface area contributed by atoms with Crippen molar-refractivity contribution < 1.29 is 13.2 Å². The molecule has 0 aliphatic carbocycles. The van der Waals surface area contributed by atoms with Crippen molar-refractivity contribution in [3.05, 3.63) is 64.7 Å². The third-order valence-corrected chi connectivity index (χ3v) is 6.02. The first-order valence-electron chi connectivity index (χ1n) is 7.03. The number of carbonyl (C=O) groups is 1. The summed E-state index contributed by atoms with van der Waals surface area (Å²) in [5, 5.41) is 0.319. The van der Waals surface area contributed by atoms with Gasteiger partial charge in [-0.1, -0.05) is 41.9 Å². The second kappa shape index (κ2) is 5.96. The SMILES string of the molecule is NC(=O)[C@H]1Cc2ccccc2CN1S(=O)(=O)c1cccc(Cl)c1. The average Bonchev–Trinajstić information content (AvgIpc) is 2.53. The van der Waals surface area contributed by atoms with Crippen LogP contribution in [0.3, 0.4) is 0 Å². The molecule has 0 unspecified atom stereocenters. The van der Waals surface area contributed by atoms with Crippen LogP contribution in [0.15, 0.2) is 53.4 Å². The summed E-state index contributed by atoms with van der Waals surface area (Å²) in [5.41, 5.74) is 7.26. The van der Waals surface area contributed by atoms with E-state index in [2.05, 4.69) is 0 Å². The molecule has 0 spiro atoms. The summed E-state index contributed by atoms with van der Waals surface area (Å²) in [6.07, 6.45) is 0.269. The molecule has 0 bridgehead atoms. The van der Waals surface area contributed by atoms with Crippen LogP contribution in [0.1, 0.15) is 11.1 Å². The summed E-state index contributed by atoms with van der Waals surface area (Å²) in [4.78, 5) is 11.9. The minimum Gasteiger partial charge on any atom is -0.368 e. The molecule has 0 saturated carbocycles. The van der Waals surface area contributed by atoms with E-state index >= 15 is 0 Å². The molecule has 1 aliphatic heterocycles. The third-order valence-electron chi connectivity index (χ3n) is 3.94. The molecular formula is C16H15ClN2O3S. The summed E-state index contributed by atoms with van der Waals surface area (Å²) in [6.45, 7) is 0.110. The zero-order chi connectivity index (χ0) is 16.6. The molecule has 0 fully saturated rings. The highest BCUT2D eigenvalue weighted by atomic mass is 35.5. The lowest BCUT2D eigenvalue weighted by atomic mass is 9.96. The van der Waals surface area contributed by atoms with Crippen LogP contribution in [0, 0.1) is 0 Å². The summed E-state index contributed by atoms with van der Waals surface area (Å²) >= 11 is 5.90. The number of fused-ring (bicyclic) bond motifs is 1. The van der Waals surface area contributed by atoms with Crippen LogP contribution in [-0.4, -0.2) is 24.7 Å². The lowest BCUT2D eigenvalue weighted by molar-refractivity contribution is -0.122. The molecule has 2 aromatic rings. The van der Waals surface area contributed by atoms with E-state index in [-0.39, 0.29) is 17.9 Å². The van der Waals surface area contributed by atoms with Gasteiger partial charge in [0.15, 0.2) is 0 Å². The molecule has 1 atom stereocenters. The summed E-state index contributed by atoms with van der Waals surface area (Å²) in [6, 6.07) is 12.5. The maximum atomic E-state index is 12.9. The average molecular weight is 351 g/mol. The third kappa shape index (κ3) is 2.97. The molecule has 5 nitrogen and oxygen atoms in total. The van der Waals surface area contributed by atoms with Crippen LogP contribution < -0.4 is 5.73 Å². The number of carbonyl (C=O) groups excluding carboxylic acids is 1.